The summed E-state index contributed by atoms with van der Waals surface area (Å²) >= 11 is 0. The van der Waals surface area contributed by atoms with Crippen LogP contribution in [0.2, 0.25) is 0 Å². The minimum atomic E-state index is 0.494. The molecule has 1 heterocycles. The first kappa shape index (κ1) is 12.7. The maximum absolute atomic E-state index is 5.53. The Morgan fingerprint density at radius 3 is 3.07 bits per heavy atom. The van der Waals surface area contributed by atoms with Crippen molar-refractivity contribution in [3.05, 3.63) is 12.2 Å². The highest BCUT2D eigenvalue weighted by molar-refractivity contribution is 4.87. The summed E-state index contributed by atoms with van der Waals surface area (Å²) in [5.74, 6) is 0. The Kier molecular flexibility index (Phi) is 6.64. The zero-order valence-electron chi connectivity index (χ0n) is 9.76. The Labute approximate surface area is 92.8 Å². The van der Waals surface area contributed by atoms with E-state index in [1.807, 2.05) is 6.92 Å². The second-order valence-electron chi connectivity index (χ2n) is 4.18. The van der Waals surface area contributed by atoms with Gasteiger partial charge in [0.25, 0.3) is 0 Å². The largest absolute Gasteiger partial charge is 0.378 e. The summed E-state index contributed by atoms with van der Waals surface area (Å²) in [5.41, 5.74) is 1.08. The summed E-state index contributed by atoms with van der Waals surface area (Å²) in [7, 11) is 0. The van der Waals surface area contributed by atoms with Crippen LogP contribution in [-0.4, -0.2) is 39.0 Å². The van der Waals surface area contributed by atoms with Crippen molar-refractivity contribution in [3.63, 3.8) is 0 Å². The number of hydrogen-bond acceptors (Lipinski definition) is 3. The Balaban J connectivity index is 1.78. The zero-order valence-corrected chi connectivity index (χ0v) is 9.76. The predicted molar refractivity (Wildman–Crippen MR) is 62.1 cm³/mol. The average Bonchev–Trinajstić information content (AvgIpc) is 2.68. The molecule has 1 aliphatic heterocycles. The Morgan fingerprint density at radius 2 is 2.40 bits per heavy atom. The van der Waals surface area contributed by atoms with Gasteiger partial charge in [-0.3, -0.25) is 0 Å². The monoisotopic (exact) mass is 213 g/mol. The molecule has 0 aliphatic carbocycles. The van der Waals surface area contributed by atoms with E-state index >= 15 is 0 Å². The summed E-state index contributed by atoms with van der Waals surface area (Å²) in [5, 5.41) is 3.35. The van der Waals surface area contributed by atoms with E-state index in [9.17, 15) is 0 Å². The minimum Gasteiger partial charge on any atom is -0.378 e. The maximum Gasteiger partial charge on any atom is 0.0672 e. The topological polar surface area (TPSA) is 30.5 Å². The first-order valence-electron chi connectivity index (χ1n) is 5.83. The van der Waals surface area contributed by atoms with E-state index in [1.165, 1.54) is 12.8 Å². The molecular weight excluding hydrogens is 190 g/mol. The van der Waals surface area contributed by atoms with Crippen molar-refractivity contribution in [2.75, 3.05) is 32.9 Å². The molecule has 0 radical (unpaired) electrons. The van der Waals surface area contributed by atoms with Gasteiger partial charge in [-0.05, 0) is 32.7 Å². The van der Waals surface area contributed by atoms with Crippen molar-refractivity contribution < 1.29 is 9.47 Å². The molecule has 0 bridgehead atoms. The van der Waals surface area contributed by atoms with Crippen LogP contribution in [0.3, 0.4) is 0 Å². The van der Waals surface area contributed by atoms with E-state index in [0.717, 1.165) is 38.3 Å². The van der Waals surface area contributed by atoms with E-state index in [2.05, 4.69) is 11.9 Å². The van der Waals surface area contributed by atoms with Crippen LogP contribution in [0.1, 0.15) is 26.2 Å². The fraction of sp³-hybridized carbons (Fsp3) is 0.833. The quantitative estimate of drug-likeness (QED) is 0.492. The first-order chi connectivity index (χ1) is 7.29. The van der Waals surface area contributed by atoms with Crippen LogP contribution >= 0.6 is 0 Å². The Morgan fingerprint density at radius 1 is 1.53 bits per heavy atom. The van der Waals surface area contributed by atoms with Gasteiger partial charge in [0.1, 0.15) is 0 Å². The van der Waals surface area contributed by atoms with Crippen LogP contribution in [0.5, 0.6) is 0 Å². The number of rotatable bonds is 8. The van der Waals surface area contributed by atoms with Crippen molar-refractivity contribution in [3.8, 4) is 0 Å². The van der Waals surface area contributed by atoms with Gasteiger partial charge >= 0.3 is 0 Å². The zero-order chi connectivity index (χ0) is 10.9. The third kappa shape index (κ3) is 6.66. The molecule has 1 unspecified atom stereocenters. The summed E-state index contributed by atoms with van der Waals surface area (Å²) < 4.78 is 10.9. The van der Waals surface area contributed by atoms with Crippen LogP contribution in [-0.2, 0) is 9.47 Å². The molecule has 1 aliphatic rings. The molecule has 3 heteroatoms. The average molecular weight is 213 g/mol. The lowest BCUT2D eigenvalue weighted by Gasteiger charge is -2.10. The third-order valence-electron chi connectivity index (χ3n) is 2.44. The fourth-order valence-corrected chi connectivity index (χ4v) is 1.65. The number of hydrogen-bond donors (Lipinski definition) is 1. The van der Waals surface area contributed by atoms with E-state index in [4.69, 9.17) is 9.47 Å². The summed E-state index contributed by atoms with van der Waals surface area (Å²) in [6.07, 6.45) is 4.08. The van der Waals surface area contributed by atoms with Crippen molar-refractivity contribution in [2.45, 2.75) is 32.3 Å². The van der Waals surface area contributed by atoms with Gasteiger partial charge < -0.3 is 14.8 Å². The molecule has 15 heavy (non-hydrogen) atoms. The normalized spacial score (nSPS) is 20.7. The smallest absolute Gasteiger partial charge is 0.0672 e. The minimum absolute atomic E-state index is 0.494. The number of ether oxygens (including phenoxy) is 2. The van der Waals surface area contributed by atoms with Crippen LogP contribution in [0, 0.1) is 0 Å². The van der Waals surface area contributed by atoms with E-state index in [0.29, 0.717) is 12.7 Å². The molecule has 88 valence electrons. The molecule has 0 saturated carbocycles. The number of nitrogens with one attached hydrogen (secondary N) is 1. The second kappa shape index (κ2) is 7.85. The Bertz CT molecular complexity index is 176. The molecular formula is C12H23NO2. The van der Waals surface area contributed by atoms with Gasteiger partial charge in [0.15, 0.2) is 0 Å². The second-order valence-corrected chi connectivity index (χ2v) is 4.18. The third-order valence-corrected chi connectivity index (χ3v) is 2.44. The molecule has 0 aromatic heterocycles. The van der Waals surface area contributed by atoms with Gasteiger partial charge in [-0.1, -0.05) is 12.2 Å². The van der Waals surface area contributed by atoms with Crippen molar-refractivity contribution in [2.24, 2.45) is 0 Å². The SMILES string of the molecule is C=C(C)COCCNCCC1CCCO1. The molecule has 1 atom stereocenters. The first-order valence-corrected chi connectivity index (χ1v) is 5.83. The van der Waals surface area contributed by atoms with E-state index < -0.39 is 0 Å². The predicted octanol–water partition coefficient (Wildman–Crippen LogP) is 1.74. The molecule has 1 fully saturated rings. The summed E-state index contributed by atoms with van der Waals surface area (Å²) in [6.45, 7) is 10.1. The molecule has 0 spiro atoms. The highest BCUT2D eigenvalue weighted by Crippen LogP contribution is 2.14. The fourth-order valence-electron chi connectivity index (χ4n) is 1.65. The molecule has 0 aromatic carbocycles. The molecule has 0 aromatic rings. The van der Waals surface area contributed by atoms with Crippen LogP contribution in [0.25, 0.3) is 0 Å². The Hall–Kier alpha value is -0.380. The summed E-state index contributed by atoms with van der Waals surface area (Å²) in [6, 6.07) is 0. The molecule has 0 amide bonds. The molecule has 3 nitrogen and oxygen atoms in total. The van der Waals surface area contributed by atoms with Gasteiger partial charge in [0, 0.05) is 13.2 Å². The lowest BCUT2D eigenvalue weighted by atomic mass is 10.2. The van der Waals surface area contributed by atoms with Crippen molar-refractivity contribution in [1.82, 2.24) is 5.32 Å². The van der Waals surface area contributed by atoms with Gasteiger partial charge in [-0.25, -0.2) is 0 Å². The van der Waals surface area contributed by atoms with E-state index in [1.54, 1.807) is 0 Å². The summed E-state index contributed by atoms with van der Waals surface area (Å²) in [4.78, 5) is 0. The standard InChI is InChI=1S/C12H23NO2/c1-11(2)10-14-9-7-13-6-5-12-4-3-8-15-12/h12-13H,1,3-10H2,2H3. The highest BCUT2D eigenvalue weighted by Gasteiger charge is 2.13. The van der Waals surface area contributed by atoms with Gasteiger partial charge in [-0.15, -0.1) is 0 Å². The lowest BCUT2D eigenvalue weighted by Crippen LogP contribution is -2.24. The molecule has 1 rings (SSSR count). The van der Waals surface area contributed by atoms with E-state index in [-0.39, 0.29) is 0 Å². The highest BCUT2D eigenvalue weighted by atomic mass is 16.5. The van der Waals surface area contributed by atoms with Gasteiger partial charge in [0.05, 0.1) is 19.3 Å². The molecule has 1 N–H and O–H groups in total. The van der Waals surface area contributed by atoms with Crippen molar-refractivity contribution in [1.29, 1.82) is 0 Å². The van der Waals surface area contributed by atoms with Crippen molar-refractivity contribution >= 4 is 0 Å². The van der Waals surface area contributed by atoms with Crippen LogP contribution < -0.4 is 5.32 Å². The van der Waals surface area contributed by atoms with Gasteiger partial charge in [0.2, 0.25) is 0 Å². The maximum atomic E-state index is 5.53. The lowest BCUT2D eigenvalue weighted by molar-refractivity contribution is 0.103. The van der Waals surface area contributed by atoms with Crippen LogP contribution in [0.4, 0.5) is 0 Å². The molecule has 1 saturated heterocycles. The van der Waals surface area contributed by atoms with Gasteiger partial charge in [-0.2, -0.15) is 0 Å². The van der Waals surface area contributed by atoms with Crippen LogP contribution in [0.15, 0.2) is 12.2 Å².